The number of aryl methyl sites for hydroxylation is 1. The van der Waals surface area contributed by atoms with E-state index in [1.807, 2.05) is 20.8 Å². The molecular formula is C16H26N2O4. The predicted molar refractivity (Wildman–Crippen MR) is 84.1 cm³/mol. The summed E-state index contributed by atoms with van der Waals surface area (Å²) in [6.45, 7) is 6.80. The number of hydrogen-bond donors (Lipinski definition) is 2. The molecule has 1 amide bonds. The fourth-order valence-corrected chi connectivity index (χ4v) is 2.07. The SMILES string of the molecule is CC(C)(C)OC(=O)NCCCCCCn1cccc1C(=O)O. The maximum Gasteiger partial charge on any atom is 0.407 e. The third-order valence-electron chi connectivity index (χ3n) is 3.04. The van der Waals surface area contributed by atoms with Gasteiger partial charge in [-0.15, -0.1) is 0 Å². The summed E-state index contributed by atoms with van der Waals surface area (Å²) in [5.74, 6) is -0.897. The van der Waals surface area contributed by atoms with Crippen molar-refractivity contribution in [3.63, 3.8) is 0 Å². The standard InChI is InChI=1S/C16H26N2O4/c1-16(2,3)22-15(21)17-10-6-4-5-7-11-18-12-8-9-13(18)14(19)20/h8-9,12H,4-7,10-11H2,1-3H3,(H,17,21)(H,19,20). The molecule has 0 spiro atoms. The molecule has 6 nitrogen and oxygen atoms in total. The molecule has 0 aliphatic heterocycles. The minimum absolute atomic E-state index is 0.326. The van der Waals surface area contributed by atoms with Gasteiger partial charge in [-0.3, -0.25) is 0 Å². The van der Waals surface area contributed by atoms with E-state index in [0.29, 0.717) is 18.8 Å². The Kier molecular flexibility index (Phi) is 6.95. The fraction of sp³-hybridized carbons (Fsp3) is 0.625. The number of nitrogens with zero attached hydrogens (tertiary/aromatic N) is 1. The lowest BCUT2D eigenvalue weighted by molar-refractivity contribution is 0.0526. The number of carboxylic acids is 1. The zero-order valence-corrected chi connectivity index (χ0v) is 13.6. The van der Waals surface area contributed by atoms with E-state index >= 15 is 0 Å². The molecule has 0 unspecified atom stereocenters. The van der Waals surface area contributed by atoms with Gasteiger partial charge in [0.1, 0.15) is 11.3 Å². The van der Waals surface area contributed by atoms with Crippen LogP contribution in [0.4, 0.5) is 4.79 Å². The van der Waals surface area contributed by atoms with Crippen LogP contribution in [0.25, 0.3) is 0 Å². The van der Waals surface area contributed by atoms with Crippen molar-refractivity contribution in [3.8, 4) is 0 Å². The smallest absolute Gasteiger partial charge is 0.407 e. The van der Waals surface area contributed by atoms with Crippen molar-refractivity contribution in [3.05, 3.63) is 24.0 Å². The Morgan fingerprint density at radius 1 is 1.23 bits per heavy atom. The molecule has 0 saturated carbocycles. The quantitative estimate of drug-likeness (QED) is 0.722. The lowest BCUT2D eigenvalue weighted by atomic mass is 10.2. The molecule has 0 saturated heterocycles. The zero-order chi connectivity index (χ0) is 16.6. The molecule has 0 aliphatic carbocycles. The monoisotopic (exact) mass is 310 g/mol. The van der Waals surface area contributed by atoms with Crippen LogP contribution in [0.15, 0.2) is 18.3 Å². The topological polar surface area (TPSA) is 80.6 Å². The van der Waals surface area contributed by atoms with Gasteiger partial charge in [-0.1, -0.05) is 12.8 Å². The summed E-state index contributed by atoms with van der Waals surface area (Å²) in [6.07, 6.45) is 5.18. The minimum atomic E-state index is -0.897. The highest BCUT2D eigenvalue weighted by Crippen LogP contribution is 2.08. The van der Waals surface area contributed by atoms with E-state index < -0.39 is 11.6 Å². The largest absolute Gasteiger partial charge is 0.477 e. The number of carbonyl (C=O) groups is 2. The number of hydrogen-bond acceptors (Lipinski definition) is 3. The van der Waals surface area contributed by atoms with Crippen LogP contribution in [0.5, 0.6) is 0 Å². The first-order chi connectivity index (χ1) is 10.3. The van der Waals surface area contributed by atoms with Crippen LogP contribution in [-0.2, 0) is 11.3 Å². The molecular weight excluding hydrogens is 284 g/mol. The predicted octanol–water partition coefficient (Wildman–Crippen LogP) is 3.27. The minimum Gasteiger partial charge on any atom is -0.477 e. The maximum atomic E-state index is 11.4. The number of alkyl carbamates (subject to hydrolysis) is 1. The van der Waals surface area contributed by atoms with E-state index in [2.05, 4.69) is 5.32 Å². The van der Waals surface area contributed by atoms with Crippen molar-refractivity contribution >= 4 is 12.1 Å². The van der Waals surface area contributed by atoms with Gasteiger partial charge >= 0.3 is 12.1 Å². The van der Waals surface area contributed by atoms with Gasteiger partial charge in [0.05, 0.1) is 0 Å². The summed E-state index contributed by atoms with van der Waals surface area (Å²) in [5, 5.41) is 11.7. The average Bonchev–Trinajstić information content (AvgIpc) is 2.84. The first kappa shape index (κ1) is 18.1. The number of carbonyl (C=O) groups excluding carboxylic acids is 1. The van der Waals surface area contributed by atoms with Crippen molar-refractivity contribution in [1.82, 2.24) is 9.88 Å². The number of carboxylic acid groups (broad SMARTS) is 1. The number of ether oxygens (including phenoxy) is 1. The summed E-state index contributed by atoms with van der Waals surface area (Å²) >= 11 is 0. The van der Waals surface area contributed by atoms with Gasteiger partial charge in [-0.2, -0.15) is 0 Å². The molecule has 6 heteroatoms. The highest BCUT2D eigenvalue weighted by Gasteiger charge is 2.15. The number of amides is 1. The van der Waals surface area contributed by atoms with Crippen LogP contribution in [0.1, 0.15) is 56.9 Å². The Morgan fingerprint density at radius 3 is 2.55 bits per heavy atom. The van der Waals surface area contributed by atoms with E-state index in [1.54, 1.807) is 22.9 Å². The molecule has 124 valence electrons. The summed E-state index contributed by atoms with van der Waals surface area (Å²) in [7, 11) is 0. The third kappa shape index (κ3) is 7.15. The molecule has 0 aliphatic rings. The number of rotatable bonds is 8. The molecule has 1 rings (SSSR count). The molecule has 0 radical (unpaired) electrons. The van der Waals surface area contributed by atoms with Crippen molar-refractivity contribution in [2.24, 2.45) is 0 Å². The molecule has 2 N–H and O–H groups in total. The Hall–Kier alpha value is -1.98. The third-order valence-corrected chi connectivity index (χ3v) is 3.04. The average molecular weight is 310 g/mol. The summed E-state index contributed by atoms with van der Waals surface area (Å²) < 4.78 is 6.89. The Balaban J connectivity index is 2.08. The van der Waals surface area contributed by atoms with Crippen LogP contribution in [0, 0.1) is 0 Å². The molecule has 1 aromatic heterocycles. The van der Waals surface area contributed by atoms with Crippen molar-refractivity contribution in [2.75, 3.05) is 6.54 Å². The molecule has 0 fully saturated rings. The first-order valence-corrected chi connectivity index (χ1v) is 7.65. The summed E-state index contributed by atoms with van der Waals surface area (Å²) in [5.41, 5.74) is -0.144. The number of aromatic nitrogens is 1. The van der Waals surface area contributed by atoms with Crippen LogP contribution >= 0.6 is 0 Å². The van der Waals surface area contributed by atoms with E-state index in [1.165, 1.54) is 0 Å². The summed E-state index contributed by atoms with van der Waals surface area (Å²) in [4.78, 5) is 22.4. The van der Waals surface area contributed by atoms with Gasteiger partial charge in [-0.05, 0) is 45.7 Å². The fourth-order valence-electron chi connectivity index (χ4n) is 2.07. The number of unbranched alkanes of at least 4 members (excludes halogenated alkanes) is 3. The van der Waals surface area contributed by atoms with E-state index in [4.69, 9.17) is 9.84 Å². The Morgan fingerprint density at radius 2 is 1.91 bits per heavy atom. The molecule has 1 aromatic rings. The normalized spacial score (nSPS) is 11.2. The molecule has 0 aromatic carbocycles. The van der Waals surface area contributed by atoms with E-state index in [0.717, 1.165) is 25.7 Å². The zero-order valence-electron chi connectivity index (χ0n) is 13.6. The number of nitrogens with one attached hydrogen (secondary N) is 1. The summed E-state index contributed by atoms with van der Waals surface area (Å²) in [6, 6.07) is 3.35. The van der Waals surface area contributed by atoms with Gasteiger partial charge in [0.2, 0.25) is 0 Å². The van der Waals surface area contributed by atoms with Gasteiger partial charge in [0, 0.05) is 19.3 Å². The molecule has 22 heavy (non-hydrogen) atoms. The lowest BCUT2D eigenvalue weighted by Crippen LogP contribution is -2.32. The second-order valence-corrected chi connectivity index (χ2v) is 6.23. The van der Waals surface area contributed by atoms with Crippen LogP contribution < -0.4 is 5.32 Å². The second kappa shape index (κ2) is 8.46. The van der Waals surface area contributed by atoms with Gasteiger partial charge < -0.3 is 19.7 Å². The Labute approximate surface area is 131 Å². The van der Waals surface area contributed by atoms with Gasteiger partial charge in [0.15, 0.2) is 0 Å². The highest BCUT2D eigenvalue weighted by molar-refractivity contribution is 5.85. The molecule has 0 atom stereocenters. The van der Waals surface area contributed by atoms with Crippen LogP contribution in [-0.4, -0.2) is 33.9 Å². The van der Waals surface area contributed by atoms with Crippen molar-refractivity contribution in [2.45, 2.75) is 58.6 Å². The molecule has 0 bridgehead atoms. The van der Waals surface area contributed by atoms with E-state index in [9.17, 15) is 9.59 Å². The van der Waals surface area contributed by atoms with E-state index in [-0.39, 0.29) is 6.09 Å². The Bertz CT molecular complexity index is 489. The molecule has 1 heterocycles. The van der Waals surface area contributed by atoms with Crippen LogP contribution in [0.3, 0.4) is 0 Å². The van der Waals surface area contributed by atoms with Crippen LogP contribution in [0.2, 0.25) is 0 Å². The first-order valence-electron chi connectivity index (χ1n) is 7.65. The maximum absolute atomic E-state index is 11.4. The van der Waals surface area contributed by atoms with Gasteiger partial charge in [0.25, 0.3) is 0 Å². The number of aromatic carboxylic acids is 1. The van der Waals surface area contributed by atoms with Crippen molar-refractivity contribution < 1.29 is 19.4 Å². The highest BCUT2D eigenvalue weighted by atomic mass is 16.6. The second-order valence-electron chi connectivity index (χ2n) is 6.23. The lowest BCUT2D eigenvalue weighted by Gasteiger charge is -2.19. The van der Waals surface area contributed by atoms with Gasteiger partial charge in [-0.25, -0.2) is 9.59 Å². The van der Waals surface area contributed by atoms with Crippen molar-refractivity contribution in [1.29, 1.82) is 0 Å².